The minimum atomic E-state index is -1.94. The Morgan fingerprint density at radius 1 is 0.873 bits per heavy atom. The van der Waals surface area contributed by atoms with Crippen molar-refractivity contribution in [2.45, 2.75) is 96.6 Å². The fourth-order valence-electron chi connectivity index (χ4n) is 7.80. The van der Waals surface area contributed by atoms with Crippen molar-refractivity contribution in [2.24, 2.45) is 5.92 Å². The topological polar surface area (TPSA) is 190 Å². The summed E-state index contributed by atoms with van der Waals surface area (Å²) in [4.78, 5) is 52.9. The maximum absolute atomic E-state index is 13.6. The highest BCUT2D eigenvalue weighted by Gasteiger charge is 2.51. The molecule has 6 atom stereocenters. The zero-order chi connectivity index (χ0) is 45.7. The van der Waals surface area contributed by atoms with E-state index in [1.165, 1.54) is 30.7 Å². The van der Waals surface area contributed by atoms with Gasteiger partial charge in [0.15, 0.2) is 0 Å². The maximum Gasteiger partial charge on any atom is 0.330 e. The van der Waals surface area contributed by atoms with Crippen LogP contribution >= 0.6 is 8.53 Å². The zero-order valence-corrected chi connectivity index (χ0v) is 37.8. The summed E-state index contributed by atoms with van der Waals surface area (Å²) < 4.78 is 53.3. The van der Waals surface area contributed by atoms with Crippen LogP contribution in [0, 0.1) is 17.2 Å². The van der Waals surface area contributed by atoms with Crippen LogP contribution in [0.3, 0.4) is 0 Å². The van der Waals surface area contributed by atoms with E-state index in [-0.39, 0.29) is 44.7 Å². The van der Waals surface area contributed by atoms with E-state index < -0.39 is 67.8 Å². The van der Waals surface area contributed by atoms with Crippen LogP contribution in [0.2, 0.25) is 0 Å². The Hall–Kier alpha value is -5.40. The molecule has 63 heavy (non-hydrogen) atoms. The minimum absolute atomic E-state index is 0.0320. The van der Waals surface area contributed by atoms with Crippen molar-refractivity contribution in [3.63, 3.8) is 0 Å². The predicted octanol–water partition coefficient (Wildman–Crippen LogP) is 6.62. The molecule has 3 aromatic carbocycles. The lowest BCUT2D eigenvalue weighted by atomic mass is 9.80. The molecule has 1 aromatic heterocycles. The average Bonchev–Trinajstić information content (AvgIpc) is 3.58. The van der Waals surface area contributed by atoms with Crippen LogP contribution in [-0.4, -0.2) is 90.6 Å². The van der Waals surface area contributed by atoms with Gasteiger partial charge in [0.25, 0.3) is 14.1 Å². The molecule has 1 aliphatic rings. The van der Waals surface area contributed by atoms with Gasteiger partial charge >= 0.3 is 17.6 Å². The fourth-order valence-corrected chi connectivity index (χ4v) is 9.61. The quantitative estimate of drug-likeness (QED) is 0.0383. The van der Waals surface area contributed by atoms with Crippen molar-refractivity contribution in [1.29, 1.82) is 5.26 Å². The number of aromatic amines is 1. The lowest BCUT2D eigenvalue weighted by Crippen LogP contribution is -2.42. The van der Waals surface area contributed by atoms with E-state index in [1.807, 2.05) is 107 Å². The summed E-state index contributed by atoms with van der Waals surface area (Å²) >= 11 is 0. The number of carbonyl (C=O) groups excluding carboxylic acids is 2. The number of H-pyrrole nitrogens is 1. The van der Waals surface area contributed by atoms with Gasteiger partial charge < -0.3 is 37.5 Å². The fraction of sp³-hybridized carbons (Fsp3) is 0.457. The summed E-state index contributed by atoms with van der Waals surface area (Å²) in [6.45, 7) is 10.1. The Morgan fingerprint density at radius 3 is 1.97 bits per heavy atom. The van der Waals surface area contributed by atoms with Crippen molar-refractivity contribution in [3.8, 4) is 17.6 Å². The number of esters is 2. The number of nitriles is 1. The summed E-state index contributed by atoms with van der Waals surface area (Å²) in [5.74, 6) is -0.765. The van der Waals surface area contributed by atoms with E-state index in [1.54, 1.807) is 14.2 Å². The third kappa shape index (κ3) is 12.2. The highest BCUT2D eigenvalue weighted by atomic mass is 31.2. The molecule has 1 fully saturated rings. The Balaban J connectivity index is 1.73. The molecule has 1 saturated heterocycles. The van der Waals surface area contributed by atoms with Gasteiger partial charge in [0.2, 0.25) is 0 Å². The second-order valence-corrected chi connectivity index (χ2v) is 16.9. The van der Waals surface area contributed by atoms with Gasteiger partial charge in [0.1, 0.15) is 48.2 Å². The Kier molecular flexibility index (Phi) is 17.6. The van der Waals surface area contributed by atoms with Gasteiger partial charge in [-0.3, -0.25) is 23.9 Å². The van der Waals surface area contributed by atoms with Crippen molar-refractivity contribution in [2.75, 3.05) is 34.0 Å². The first-order chi connectivity index (χ1) is 30.2. The van der Waals surface area contributed by atoms with E-state index in [4.69, 9.17) is 37.5 Å². The molecule has 4 aromatic rings. The number of hydrogen-bond donors (Lipinski definition) is 1. The number of aromatic nitrogens is 2. The number of nitrogens with one attached hydrogen (secondary N) is 1. The van der Waals surface area contributed by atoms with Crippen LogP contribution in [0.15, 0.2) is 101 Å². The molecular weight excluding hydrogens is 831 g/mol. The molecular formula is C46H57N4O12P. The summed E-state index contributed by atoms with van der Waals surface area (Å²) in [6, 6.07) is 28.0. The lowest BCUT2D eigenvalue weighted by molar-refractivity contribution is -0.158. The minimum Gasteiger partial charge on any atom is -0.497 e. The molecule has 2 unspecified atom stereocenters. The molecule has 17 heteroatoms. The SMILES string of the molecule is COc1ccc(C(OC[C@H]2O[C@@H](n3ccc(=O)[nH]c3=O)[C@H](CC(COC(C)=O)OC(C)=O)[C@@H]2OP(OCCC#N)N(C(C)C)C(C)C)(c2ccccc2)c2ccc(OC)cc2)cc1. The molecule has 1 N–H and O–H groups in total. The monoisotopic (exact) mass is 888 g/mol. The molecule has 2 heterocycles. The third-order valence-electron chi connectivity index (χ3n) is 10.4. The Morgan fingerprint density at radius 2 is 1.46 bits per heavy atom. The van der Waals surface area contributed by atoms with Gasteiger partial charge in [-0.2, -0.15) is 5.26 Å². The number of ether oxygens (including phenoxy) is 6. The summed E-state index contributed by atoms with van der Waals surface area (Å²) in [7, 11) is 1.24. The molecule has 338 valence electrons. The normalized spacial score (nSPS) is 18.5. The molecule has 0 aliphatic carbocycles. The van der Waals surface area contributed by atoms with Gasteiger partial charge in [-0.15, -0.1) is 0 Å². The van der Waals surface area contributed by atoms with Crippen LogP contribution in [0.1, 0.15) is 77.3 Å². The van der Waals surface area contributed by atoms with Crippen LogP contribution in [-0.2, 0) is 43.2 Å². The number of nitrogens with zero attached hydrogens (tertiary/aromatic N) is 3. The molecule has 0 spiro atoms. The zero-order valence-electron chi connectivity index (χ0n) is 36.9. The lowest BCUT2D eigenvalue weighted by Gasteiger charge is -2.40. The Labute approximate surface area is 368 Å². The molecule has 1 aliphatic heterocycles. The van der Waals surface area contributed by atoms with E-state index in [9.17, 15) is 24.4 Å². The third-order valence-corrected chi connectivity index (χ3v) is 12.6. The van der Waals surface area contributed by atoms with E-state index in [2.05, 4.69) is 15.7 Å². The molecule has 0 amide bonds. The summed E-state index contributed by atoms with van der Waals surface area (Å²) in [5.41, 5.74) is -0.368. The van der Waals surface area contributed by atoms with Crippen molar-refractivity contribution >= 4 is 20.5 Å². The van der Waals surface area contributed by atoms with Crippen LogP contribution in [0.25, 0.3) is 0 Å². The number of methoxy groups -OCH3 is 2. The van der Waals surface area contributed by atoms with E-state index in [0.29, 0.717) is 11.5 Å². The highest BCUT2D eigenvalue weighted by molar-refractivity contribution is 7.44. The van der Waals surface area contributed by atoms with E-state index in [0.717, 1.165) is 16.7 Å². The van der Waals surface area contributed by atoms with Crippen molar-refractivity contribution in [3.05, 3.63) is 129 Å². The largest absolute Gasteiger partial charge is 0.497 e. The van der Waals surface area contributed by atoms with Gasteiger partial charge in [-0.25, -0.2) is 9.46 Å². The molecule has 16 nitrogen and oxygen atoms in total. The molecule has 5 rings (SSSR count). The highest BCUT2D eigenvalue weighted by Crippen LogP contribution is 2.53. The van der Waals surface area contributed by atoms with Crippen LogP contribution in [0.4, 0.5) is 0 Å². The van der Waals surface area contributed by atoms with Crippen molar-refractivity contribution < 1.29 is 47.1 Å². The second kappa shape index (κ2) is 22.8. The first-order valence-corrected chi connectivity index (χ1v) is 21.9. The van der Waals surface area contributed by atoms with Gasteiger partial charge in [0.05, 0.1) is 39.9 Å². The summed E-state index contributed by atoms with van der Waals surface area (Å²) in [5, 5.41) is 9.50. The standard InChI is InChI=1S/C46H57N4O12P/c1-30(2)50(31(3)4)63(59-26-12-24-47)62-43-40(27-39(60-33(6)52)28-57-32(5)51)44(49-25-23-42(53)48-45(49)54)61-41(43)29-58-46(34-13-10-9-11-14-34,35-15-19-37(55-7)20-16-35)36-17-21-38(56-8)22-18-36/h9-11,13-23,25,30-31,39-41,43-44H,12,26-29H2,1-8H3,(H,48,53,54)/t39?,40-,41-,43+,44-,63?/m1/s1. The Bertz CT molecular complexity index is 2190. The molecule has 0 radical (unpaired) electrons. The van der Waals surface area contributed by atoms with Gasteiger partial charge in [0, 0.05) is 44.1 Å². The molecule has 0 bridgehead atoms. The molecule has 0 saturated carbocycles. The van der Waals surface area contributed by atoms with Gasteiger partial charge in [-0.1, -0.05) is 54.6 Å². The number of rotatable bonds is 22. The summed E-state index contributed by atoms with van der Waals surface area (Å²) in [6.07, 6.45) is -2.71. The smallest absolute Gasteiger partial charge is 0.330 e. The van der Waals surface area contributed by atoms with Crippen LogP contribution < -0.4 is 20.7 Å². The number of benzene rings is 3. The van der Waals surface area contributed by atoms with E-state index >= 15 is 0 Å². The maximum atomic E-state index is 13.6. The van der Waals surface area contributed by atoms with Crippen molar-refractivity contribution in [1.82, 2.24) is 14.2 Å². The van der Waals surface area contributed by atoms with Gasteiger partial charge in [-0.05, 0) is 75.1 Å². The average molecular weight is 889 g/mol. The second-order valence-electron chi connectivity index (χ2n) is 15.4. The number of carbonyl (C=O) groups is 2. The first kappa shape index (κ1) is 48.6. The predicted molar refractivity (Wildman–Crippen MR) is 234 cm³/mol. The number of hydrogen-bond acceptors (Lipinski definition) is 14. The van der Waals surface area contributed by atoms with Crippen LogP contribution in [0.5, 0.6) is 11.5 Å². The first-order valence-electron chi connectivity index (χ1n) is 20.7.